The molecule has 0 saturated carbocycles. The van der Waals surface area contributed by atoms with Crippen LogP contribution in [0.3, 0.4) is 0 Å². The highest BCUT2D eigenvalue weighted by molar-refractivity contribution is 5.81. The lowest BCUT2D eigenvalue weighted by Gasteiger charge is -2.11. The van der Waals surface area contributed by atoms with Crippen LogP contribution >= 0.6 is 0 Å². The SMILES string of the molecule is COc1ccc(Nc2n[nH]c3c2Cc2ccc(OC)cc2-3)c(OC)c1. The Morgan fingerprint density at radius 1 is 0.960 bits per heavy atom. The Labute approximate surface area is 145 Å². The number of ether oxygens (including phenoxy) is 3. The minimum absolute atomic E-state index is 0.702. The van der Waals surface area contributed by atoms with Gasteiger partial charge in [-0.1, -0.05) is 6.07 Å². The van der Waals surface area contributed by atoms with Crippen molar-refractivity contribution in [1.29, 1.82) is 0 Å². The molecule has 0 bridgehead atoms. The van der Waals surface area contributed by atoms with E-state index in [1.54, 1.807) is 21.3 Å². The molecule has 0 fully saturated rings. The number of H-pyrrole nitrogens is 1. The molecule has 0 unspecified atom stereocenters. The molecule has 1 aliphatic carbocycles. The second-order valence-electron chi connectivity index (χ2n) is 5.82. The number of nitrogens with zero attached hydrogens (tertiary/aromatic N) is 1. The number of aromatic amines is 1. The maximum Gasteiger partial charge on any atom is 0.156 e. The Bertz CT molecular complexity index is 934. The number of hydrogen-bond donors (Lipinski definition) is 2. The Hall–Kier alpha value is -3.15. The van der Waals surface area contributed by atoms with Crippen molar-refractivity contribution in [2.75, 3.05) is 26.6 Å². The van der Waals surface area contributed by atoms with Gasteiger partial charge in [-0.15, -0.1) is 0 Å². The van der Waals surface area contributed by atoms with Crippen molar-refractivity contribution in [3.05, 3.63) is 47.5 Å². The van der Waals surface area contributed by atoms with Gasteiger partial charge in [0.25, 0.3) is 0 Å². The monoisotopic (exact) mass is 337 g/mol. The molecule has 3 aromatic rings. The van der Waals surface area contributed by atoms with E-state index in [0.717, 1.165) is 46.2 Å². The van der Waals surface area contributed by atoms with Crippen LogP contribution in [0.25, 0.3) is 11.3 Å². The van der Waals surface area contributed by atoms with Crippen LogP contribution < -0.4 is 19.5 Å². The topological polar surface area (TPSA) is 68.4 Å². The highest BCUT2D eigenvalue weighted by Crippen LogP contribution is 2.42. The molecule has 4 rings (SSSR count). The van der Waals surface area contributed by atoms with Crippen LogP contribution in [0.1, 0.15) is 11.1 Å². The zero-order valence-corrected chi connectivity index (χ0v) is 14.3. The first-order valence-electron chi connectivity index (χ1n) is 7.97. The summed E-state index contributed by atoms with van der Waals surface area (Å²) in [7, 11) is 4.94. The predicted octanol–water partition coefficient (Wildman–Crippen LogP) is 3.75. The zero-order chi connectivity index (χ0) is 17.4. The van der Waals surface area contributed by atoms with Gasteiger partial charge in [0.1, 0.15) is 17.2 Å². The van der Waals surface area contributed by atoms with Gasteiger partial charge in [-0.05, 0) is 29.8 Å². The highest BCUT2D eigenvalue weighted by atomic mass is 16.5. The van der Waals surface area contributed by atoms with E-state index in [0.29, 0.717) is 5.75 Å². The average Bonchev–Trinajstić information content (AvgIpc) is 3.21. The molecule has 128 valence electrons. The number of anilines is 2. The number of hydrogen-bond acceptors (Lipinski definition) is 5. The molecule has 0 aliphatic heterocycles. The quantitative estimate of drug-likeness (QED) is 0.580. The smallest absolute Gasteiger partial charge is 0.156 e. The normalized spacial score (nSPS) is 11.6. The van der Waals surface area contributed by atoms with Gasteiger partial charge in [-0.25, -0.2) is 0 Å². The molecule has 2 aromatic carbocycles. The summed E-state index contributed by atoms with van der Waals surface area (Å²) in [6.45, 7) is 0. The van der Waals surface area contributed by atoms with E-state index in [-0.39, 0.29) is 0 Å². The van der Waals surface area contributed by atoms with Gasteiger partial charge in [-0.3, -0.25) is 5.10 Å². The second-order valence-corrected chi connectivity index (χ2v) is 5.82. The summed E-state index contributed by atoms with van der Waals surface area (Å²) >= 11 is 0. The Morgan fingerprint density at radius 2 is 1.72 bits per heavy atom. The largest absolute Gasteiger partial charge is 0.497 e. The van der Waals surface area contributed by atoms with Crippen molar-refractivity contribution < 1.29 is 14.2 Å². The molecule has 0 saturated heterocycles. The Kier molecular flexibility index (Phi) is 3.72. The lowest BCUT2D eigenvalue weighted by molar-refractivity contribution is 0.395. The third-order valence-corrected chi connectivity index (χ3v) is 4.48. The lowest BCUT2D eigenvalue weighted by atomic mass is 10.1. The summed E-state index contributed by atoms with van der Waals surface area (Å²) < 4.78 is 16.0. The van der Waals surface area contributed by atoms with Crippen molar-refractivity contribution >= 4 is 11.5 Å². The summed E-state index contributed by atoms with van der Waals surface area (Å²) in [5.74, 6) is 3.09. The van der Waals surface area contributed by atoms with Gasteiger partial charge in [-0.2, -0.15) is 5.10 Å². The van der Waals surface area contributed by atoms with Crippen molar-refractivity contribution in [2.45, 2.75) is 6.42 Å². The van der Waals surface area contributed by atoms with Gasteiger partial charge in [0.15, 0.2) is 5.82 Å². The summed E-state index contributed by atoms with van der Waals surface area (Å²) in [6, 6.07) is 11.8. The van der Waals surface area contributed by atoms with Crippen molar-refractivity contribution in [3.63, 3.8) is 0 Å². The fourth-order valence-corrected chi connectivity index (χ4v) is 3.15. The first-order chi connectivity index (χ1) is 12.2. The predicted molar refractivity (Wildman–Crippen MR) is 96.2 cm³/mol. The summed E-state index contributed by atoms with van der Waals surface area (Å²) in [5, 5.41) is 10.9. The van der Waals surface area contributed by atoms with Gasteiger partial charge >= 0.3 is 0 Å². The number of benzene rings is 2. The molecule has 6 nitrogen and oxygen atoms in total. The Morgan fingerprint density at radius 3 is 2.48 bits per heavy atom. The van der Waals surface area contributed by atoms with Crippen molar-refractivity contribution in [2.24, 2.45) is 0 Å². The first kappa shape index (κ1) is 15.4. The van der Waals surface area contributed by atoms with E-state index < -0.39 is 0 Å². The Balaban J connectivity index is 1.68. The van der Waals surface area contributed by atoms with Gasteiger partial charge in [0, 0.05) is 23.6 Å². The van der Waals surface area contributed by atoms with E-state index >= 15 is 0 Å². The van der Waals surface area contributed by atoms with Gasteiger partial charge in [0.2, 0.25) is 0 Å². The van der Waals surface area contributed by atoms with E-state index in [1.165, 1.54) is 5.56 Å². The van der Waals surface area contributed by atoms with Crippen LogP contribution in [-0.2, 0) is 6.42 Å². The standard InChI is InChI=1S/C19H19N3O3/c1-23-12-5-4-11-8-15-18(14(11)9-12)21-22-19(15)20-16-7-6-13(24-2)10-17(16)25-3/h4-7,9-10H,8H2,1-3H3,(H2,20,21,22). The number of rotatable bonds is 5. The van der Waals surface area contributed by atoms with E-state index in [1.807, 2.05) is 30.3 Å². The number of aromatic nitrogens is 2. The minimum atomic E-state index is 0.702. The number of fused-ring (bicyclic) bond motifs is 3. The minimum Gasteiger partial charge on any atom is -0.497 e. The molecule has 25 heavy (non-hydrogen) atoms. The lowest BCUT2D eigenvalue weighted by Crippen LogP contribution is -1.98. The average molecular weight is 337 g/mol. The van der Waals surface area contributed by atoms with E-state index in [2.05, 4.69) is 21.6 Å². The number of methoxy groups -OCH3 is 3. The van der Waals surface area contributed by atoms with Crippen LogP contribution in [0.5, 0.6) is 17.2 Å². The second kappa shape index (κ2) is 6.05. The molecule has 0 radical (unpaired) electrons. The third-order valence-electron chi connectivity index (χ3n) is 4.48. The van der Waals surface area contributed by atoms with Crippen LogP contribution in [0.2, 0.25) is 0 Å². The summed E-state index contributed by atoms with van der Waals surface area (Å²) in [4.78, 5) is 0. The van der Waals surface area contributed by atoms with Crippen LogP contribution in [0.15, 0.2) is 36.4 Å². The molecule has 1 heterocycles. The van der Waals surface area contributed by atoms with Crippen LogP contribution in [-0.4, -0.2) is 31.5 Å². The molecule has 0 amide bonds. The molecular formula is C19H19N3O3. The fraction of sp³-hybridized carbons (Fsp3) is 0.211. The zero-order valence-electron chi connectivity index (χ0n) is 14.3. The van der Waals surface area contributed by atoms with Crippen molar-refractivity contribution in [3.8, 4) is 28.5 Å². The number of nitrogens with one attached hydrogen (secondary N) is 2. The highest BCUT2D eigenvalue weighted by Gasteiger charge is 2.25. The molecule has 1 aliphatic rings. The summed E-state index contributed by atoms with van der Waals surface area (Å²) in [5.41, 5.74) is 5.40. The first-order valence-corrected chi connectivity index (χ1v) is 7.97. The van der Waals surface area contributed by atoms with Crippen LogP contribution in [0.4, 0.5) is 11.5 Å². The molecular weight excluding hydrogens is 318 g/mol. The molecule has 0 atom stereocenters. The van der Waals surface area contributed by atoms with Gasteiger partial charge in [0.05, 0.1) is 32.7 Å². The molecule has 6 heteroatoms. The molecule has 2 N–H and O–H groups in total. The van der Waals surface area contributed by atoms with E-state index in [4.69, 9.17) is 14.2 Å². The third kappa shape index (κ3) is 2.55. The van der Waals surface area contributed by atoms with Crippen molar-refractivity contribution in [1.82, 2.24) is 10.2 Å². The summed E-state index contributed by atoms with van der Waals surface area (Å²) in [6.07, 6.45) is 0.825. The molecule has 0 spiro atoms. The van der Waals surface area contributed by atoms with E-state index in [9.17, 15) is 0 Å². The maximum absolute atomic E-state index is 5.45. The van der Waals surface area contributed by atoms with Gasteiger partial charge < -0.3 is 19.5 Å². The molecule has 1 aromatic heterocycles. The van der Waals surface area contributed by atoms with Crippen LogP contribution in [0, 0.1) is 0 Å². The fourth-order valence-electron chi connectivity index (χ4n) is 3.15. The maximum atomic E-state index is 5.45.